The van der Waals surface area contributed by atoms with Gasteiger partial charge in [0, 0.05) is 48.8 Å². The molecule has 2 aliphatic rings. The van der Waals surface area contributed by atoms with E-state index < -0.39 is 23.7 Å². The number of imidazole rings is 1. The first-order valence-electron chi connectivity index (χ1n) is 13.3. The lowest BCUT2D eigenvalue weighted by Crippen LogP contribution is -2.47. The molecule has 1 fully saturated rings. The van der Waals surface area contributed by atoms with Crippen LogP contribution in [0.15, 0.2) is 60.7 Å². The van der Waals surface area contributed by atoms with Gasteiger partial charge in [-0.25, -0.2) is 14.2 Å². The molecule has 0 bridgehead atoms. The molecule has 4 atom stereocenters. The Morgan fingerprint density at radius 3 is 2.68 bits per heavy atom. The van der Waals surface area contributed by atoms with E-state index in [1.165, 1.54) is 6.07 Å². The van der Waals surface area contributed by atoms with Crippen molar-refractivity contribution in [3.8, 4) is 0 Å². The zero-order valence-electron chi connectivity index (χ0n) is 22.1. The van der Waals surface area contributed by atoms with Gasteiger partial charge in [-0.05, 0) is 54.4 Å². The van der Waals surface area contributed by atoms with Crippen LogP contribution in [-0.4, -0.2) is 63.8 Å². The lowest BCUT2D eigenvalue weighted by atomic mass is 9.78. The molecule has 0 saturated carbocycles. The van der Waals surface area contributed by atoms with Gasteiger partial charge in [0.1, 0.15) is 11.6 Å². The van der Waals surface area contributed by atoms with Gasteiger partial charge in [-0.3, -0.25) is 9.69 Å². The number of fused-ring (bicyclic) bond motifs is 5. The predicted octanol–water partition coefficient (Wildman–Crippen LogP) is 5.79. The lowest BCUT2D eigenvalue weighted by molar-refractivity contribution is -0.121. The molecule has 1 saturated heterocycles. The van der Waals surface area contributed by atoms with E-state index in [-0.39, 0.29) is 28.5 Å². The highest BCUT2D eigenvalue weighted by atomic mass is 35.5. The minimum absolute atomic E-state index is 0.0289. The number of nitrogens with zero attached hydrogens (tertiary/aromatic N) is 3. The fraction of sp³-hybridized carbons (Fsp3) is 0.300. The van der Waals surface area contributed by atoms with Crippen molar-refractivity contribution in [2.45, 2.75) is 36.9 Å². The maximum atomic E-state index is 15.8. The van der Waals surface area contributed by atoms with Crippen molar-refractivity contribution in [1.82, 2.24) is 14.5 Å². The number of anilines is 1. The zero-order chi connectivity index (χ0) is 28.8. The Labute approximate surface area is 245 Å². The van der Waals surface area contributed by atoms with Crippen molar-refractivity contribution in [3.05, 3.63) is 93.5 Å². The Balaban J connectivity index is 1.52. The van der Waals surface area contributed by atoms with Crippen LogP contribution >= 0.6 is 23.2 Å². The minimum atomic E-state index is -1.04. The third kappa shape index (κ3) is 4.86. The topological polar surface area (TPSA) is 96.7 Å². The van der Waals surface area contributed by atoms with Crippen LogP contribution in [0, 0.1) is 5.82 Å². The zero-order valence-corrected chi connectivity index (χ0v) is 23.6. The maximum Gasteiger partial charge on any atom is 0.335 e. The Morgan fingerprint density at radius 2 is 1.93 bits per heavy atom. The Hall–Kier alpha value is -3.50. The van der Waals surface area contributed by atoms with Gasteiger partial charge in [-0.15, -0.1) is 0 Å². The van der Waals surface area contributed by atoms with Crippen LogP contribution in [-0.2, 0) is 16.1 Å². The Kier molecular flexibility index (Phi) is 7.46. The summed E-state index contributed by atoms with van der Waals surface area (Å²) in [5.41, 5.74) is 2.33. The van der Waals surface area contributed by atoms with Crippen molar-refractivity contribution in [2.24, 2.45) is 0 Å². The number of rotatable bonds is 7. The molecule has 2 aliphatic heterocycles. The average Bonchev–Trinajstić information content (AvgIpc) is 3.48. The van der Waals surface area contributed by atoms with Crippen molar-refractivity contribution < 1.29 is 23.8 Å². The van der Waals surface area contributed by atoms with Crippen LogP contribution in [0.2, 0.25) is 10.0 Å². The van der Waals surface area contributed by atoms with E-state index in [9.17, 15) is 14.7 Å². The first kappa shape index (κ1) is 27.7. The smallest absolute Gasteiger partial charge is 0.335 e. The van der Waals surface area contributed by atoms with Gasteiger partial charge in [-0.1, -0.05) is 41.4 Å². The fourth-order valence-electron chi connectivity index (χ4n) is 6.50. The van der Waals surface area contributed by atoms with E-state index in [1.54, 1.807) is 61.7 Å². The summed E-state index contributed by atoms with van der Waals surface area (Å²) in [6.07, 6.45) is 0.674. The first-order valence-corrected chi connectivity index (χ1v) is 14.0. The molecule has 1 aromatic heterocycles. The summed E-state index contributed by atoms with van der Waals surface area (Å²) in [6, 6.07) is 15.6. The highest BCUT2D eigenvalue weighted by Gasteiger charge is 2.56. The van der Waals surface area contributed by atoms with Gasteiger partial charge in [0.2, 0.25) is 5.91 Å². The van der Waals surface area contributed by atoms with Crippen molar-refractivity contribution in [2.75, 3.05) is 25.6 Å². The second-order valence-electron chi connectivity index (χ2n) is 10.4. The summed E-state index contributed by atoms with van der Waals surface area (Å²) in [7, 11) is 1.60. The summed E-state index contributed by atoms with van der Waals surface area (Å²) in [6.45, 7) is 1.41. The third-order valence-corrected chi connectivity index (χ3v) is 8.68. The molecule has 41 heavy (non-hydrogen) atoms. The average molecular weight is 597 g/mol. The number of ether oxygens (including phenoxy) is 1. The van der Waals surface area contributed by atoms with Crippen LogP contribution in [0.5, 0.6) is 0 Å². The molecule has 6 rings (SSSR count). The van der Waals surface area contributed by atoms with Crippen molar-refractivity contribution in [3.63, 3.8) is 0 Å². The maximum absolute atomic E-state index is 15.8. The standard InChI is InChI=1S/C30H27Cl2FN4O4/c1-41-13-12-36-23-10-11-37-22-9-8-16(30(39)40)14-21(22)35-28(37)25(23)24(19-6-3-7-20(32)26(19)33)27(36)29(38)34-18-5-2-4-17(31)15-18/h2-9,14-15,23-25,27H,10-13H2,1H3,(H,34,38)(H,39,40)/t23-,24-,25+,27+/m0/s1. The lowest BCUT2D eigenvalue weighted by Gasteiger charge is -2.33. The number of hydrogen-bond acceptors (Lipinski definition) is 5. The molecule has 4 aromatic rings. The van der Waals surface area contributed by atoms with Crippen LogP contribution in [0.3, 0.4) is 0 Å². The summed E-state index contributed by atoms with van der Waals surface area (Å²) in [4.78, 5) is 32.8. The summed E-state index contributed by atoms with van der Waals surface area (Å²) in [5.74, 6) is -2.28. The van der Waals surface area contributed by atoms with Crippen LogP contribution < -0.4 is 5.32 Å². The number of methoxy groups -OCH3 is 1. The van der Waals surface area contributed by atoms with Gasteiger partial charge in [0.15, 0.2) is 0 Å². The largest absolute Gasteiger partial charge is 0.478 e. The second-order valence-corrected chi connectivity index (χ2v) is 11.2. The van der Waals surface area contributed by atoms with Crippen molar-refractivity contribution in [1.29, 1.82) is 0 Å². The van der Waals surface area contributed by atoms with E-state index in [0.29, 0.717) is 53.7 Å². The third-order valence-electron chi connectivity index (χ3n) is 8.15. The number of nitrogens with one attached hydrogen (secondary N) is 1. The molecule has 1 amide bonds. The van der Waals surface area contributed by atoms with Gasteiger partial charge in [0.25, 0.3) is 0 Å². The van der Waals surface area contributed by atoms with Crippen LogP contribution in [0.4, 0.5) is 10.1 Å². The highest BCUT2D eigenvalue weighted by Crippen LogP contribution is 2.52. The van der Waals surface area contributed by atoms with Gasteiger partial charge in [-0.2, -0.15) is 0 Å². The molecule has 8 nitrogen and oxygen atoms in total. The Bertz CT molecular complexity index is 1660. The number of carboxylic acids is 1. The van der Waals surface area contributed by atoms with Crippen LogP contribution in [0.1, 0.15) is 40.0 Å². The number of likely N-dealkylation sites (tertiary alicyclic amines) is 1. The summed E-state index contributed by atoms with van der Waals surface area (Å²) >= 11 is 12.5. The predicted molar refractivity (Wildman–Crippen MR) is 154 cm³/mol. The SMILES string of the molecule is COCCN1[C@H]2CCn3c(nc4cc(C(=O)O)ccc43)[C@H]2[C@H](c2cccc(Cl)c2F)[C@@H]1C(=O)Nc1cccc(Cl)c1. The van der Waals surface area contributed by atoms with Crippen molar-refractivity contribution >= 4 is 51.8 Å². The minimum Gasteiger partial charge on any atom is -0.478 e. The number of carboxylic acid groups (broad SMARTS) is 1. The van der Waals surface area contributed by atoms with E-state index in [2.05, 4.69) is 14.8 Å². The number of aryl methyl sites for hydroxylation is 1. The van der Waals surface area contributed by atoms with E-state index in [0.717, 1.165) is 5.52 Å². The number of aromatic carboxylic acids is 1. The monoisotopic (exact) mass is 596 g/mol. The summed E-state index contributed by atoms with van der Waals surface area (Å²) in [5, 5.41) is 13.0. The molecular formula is C30H27Cl2FN4O4. The summed E-state index contributed by atoms with van der Waals surface area (Å²) < 4.78 is 23.3. The normalized spacial score (nSPS) is 22.0. The fourth-order valence-corrected chi connectivity index (χ4v) is 6.88. The van der Waals surface area contributed by atoms with Gasteiger partial charge < -0.3 is 19.7 Å². The molecule has 0 unspecified atom stereocenters. The molecular weight excluding hydrogens is 570 g/mol. The van der Waals surface area contributed by atoms with Crippen LogP contribution in [0.25, 0.3) is 11.0 Å². The highest BCUT2D eigenvalue weighted by molar-refractivity contribution is 6.31. The number of halogens is 3. The molecule has 3 aromatic carbocycles. The van der Waals surface area contributed by atoms with E-state index in [1.807, 2.05) is 0 Å². The molecule has 0 spiro atoms. The number of carbonyl (C=O) groups excluding carboxylic acids is 1. The van der Waals surface area contributed by atoms with E-state index >= 15 is 4.39 Å². The molecule has 0 aliphatic carbocycles. The molecule has 0 radical (unpaired) electrons. The second kappa shape index (κ2) is 11.1. The van der Waals surface area contributed by atoms with Gasteiger partial charge in [0.05, 0.1) is 34.3 Å². The number of hydrogen-bond donors (Lipinski definition) is 2. The molecule has 3 heterocycles. The number of aromatic nitrogens is 2. The molecule has 212 valence electrons. The van der Waals surface area contributed by atoms with E-state index in [4.69, 9.17) is 32.9 Å². The number of benzene rings is 3. The van der Waals surface area contributed by atoms with Gasteiger partial charge >= 0.3 is 5.97 Å². The number of amides is 1. The number of carbonyl (C=O) groups is 2. The molecule has 2 N–H and O–H groups in total. The first-order chi connectivity index (χ1) is 19.8. The molecule has 11 heteroatoms. The Morgan fingerprint density at radius 1 is 1.12 bits per heavy atom. The quantitative estimate of drug-likeness (QED) is 0.280.